The normalized spacial score (nSPS) is 18.9. The molecule has 0 saturated carbocycles. The van der Waals surface area contributed by atoms with E-state index in [1.54, 1.807) is 0 Å². The van der Waals surface area contributed by atoms with Gasteiger partial charge in [0.2, 0.25) is 0 Å². The zero-order valence-electron chi connectivity index (χ0n) is 18.9. The summed E-state index contributed by atoms with van der Waals surface area (Å²) in [6.07, 6.45) is 10.1. The third kappa shape index (κ3) is 9.37. The number of amides is 1. The van der Waals surface area contributed by atoms with E-state index in [1.165, 1.54) is 31.3 Å². The number of hydrogen-bond donors (Lipinski definition) is 1. The molecule has 2 aliphatic rings. The van der Waals surface area contributed by atoms with Crippen molar-refractivity contribution in [2.45, 2.75) is 86.5 Å². The summed E-state index contributed by atoms with van der Waals surface area (Å²) in [5.74, 6) is 0.368. The summed E-state index contributed by atoms with van der Waals surface area (Å²) in [5.41, 5.74) is 9.51. The van der Waals surface area contributed by atoms with Gasteiger partial charge in [-0.05, 0) is 56.3 Å². The van der Waals surface area contributed by atoms with Crippen LogP contribution in [0.15, 0.2) is 27.9 Å². The van der Waals surface area contributed by atoms with E-state index in [0.29, 0.717) is 5.70 Å². The van der Waals surface area contributed by atoms with Crippen LogP contribution in [0.25, 0.3) is 0 Å². The summed E-state index contributed by atoms with van der Waals surface area (Å²) < 4.78 is 0. The van der Waals surface area contributed by atoms with Gasteiger partial charge in [-0.2, -0.15) is 0 Å². The molecule has 2 rings (SSSR count). The van der Waals surface area contributed by atoms with Crippen LogP contribution in [0.2, 0.25) is 0 Å². The number of nitrogens with zero attached hydrogens (tertiary/aromatic N) is 2. The van der Waals surface area contributed by atoms with Crippen LogP contribution in [-0.2, 0) is 4.79 Å². The first kappa shape index (κ1) is 25.6. The average molecular weight is 378 g/mol. The Labute approximate surface area is 168 Å². The van der Waals surface area contributed by atoms with Crippen LogP contribution in [0.4, 0.5) is 0 Å². The number of aliphatic imine (C=N–C) groups is 1. The highest BCUT2D eigenvalue weighted by Crippen LogP contribution is 2.30. The minimum atomic E-state index is -0.390. The maximum absolute atomic E-state index is 11.7. The molecule has 1 heterocycles. The zero-order valence-corrected chi connectivity index (χ0v) is 18.9. The van der Waals surface area contributed by atoms with E-state index in [2.05, 4.69) is 50.7 Å². The van der Waals surface area contributed by atoms with Gasteiger partial charge >= 0.3 is 0 Å². The van der Waals surface area contributed by atoms with Gasteiger partial charge in [-0.15, -0.1) is 0 Å². The fourth-order valence-corrected chi connectivity index (χ4v) is 3.15. The molecule has 156 valence electrons. The molecule has 2 N–H and O–H groups in total. The molecule has 27 heavy (non-hydrogen) atoms. The lowest BCUT2D eigenvalue weighted by Crippen LogP contribution is -2.24. The Morgan fingerprint density at radius 3 is 2.41 bits per heavy atom. The highest BCUT2D eigenvalue weighted by molar-refractivity contribution is 6.09. The third-order valence-electron chi connectivity index (χ3n) is 4.59. The first-order valence-electron chi connectivity index (χ1n) is 10.9. The number of carbonyl (C=O) groups excluding carboxylic acids is 1. The molecular formula is C23H43N3O. The van der Waals surface area contributed by atoms with Gasteiger partial charge in [-0.3, -0.25) is 4.79 Å². The van der Waals surface area contributed by atoms with Crippen LogP contribution >= 0.6 is 0 Å². The number of unbranched alkanes of at least 4 members (excludes halogenated alkanes) is 1. The lowest BCUT2D eigenvalue weighted by atomic mass is 9.88. The van der Waals surface area contributed by atoms with E-state index in [9.17, 15) is 4.79 Å². The second-order valence-electron chi connectivity index (χ2n) is 7.46. The number of carbonyl (C=O) groups is 1. The van der Waals surface area contributed by atoms with Crippen molar-refractivity contribution in [1.29, 1.82) is 0 Å². The van der Waals surface area contributed by atoms with Crippen molar-refractivity contribution in [2.24, 2.45) is 16.6 Å². The summed E-state index contributed by atoms with van der Waals surface area (Å²) in [7, 11) is 2.10. The van der Waals surface area contributed by atoms with E-state index in [4.69, 9.17) is 5.73 Å². The molecule has 0 radical (unpaired) electrons. The largest absolute Gasteiger partial charge is 0.364 e. The number of rotatable bonds is 7. The number of allylic oxidation sites excluding steroid dienone is 2. The van der Waals surface area contributed by atoms with Gasteiger partial charge in [0.1, 0.15) is 5.70 Å². The Balaban J connectivity index is 0.00000123. The van der Waals surface area contributed by atoms with Crippen molar-refractivity contribution >= 4 is 11.6 Å². The molecule has 1 unspecified atom stereocenters. The van der Waals surface area contributed by atoms with Crippen LogP contribution in [0.1, 0.15) is 86.5 Å². The Morgan fingerprint density at radius 1 is 1.30 bits per heavy atom. The molecule has 4 heteroatoms. The Hall–Kier alpha value is -1.42. The fraction of sp³-hybridized carbons (Fsp3) is 0.739. The molecule has 4 nitrogen and oxygen atoms in total. The van der Waals surface area contributed by atoms with Crippen molar-refractivity contribution in [3.8, 4) is 0 Å². The summed E-state index contributed by atoms with van der Waals surface area (Å²) >= 11 is 0. The van der Waals surface area contributed by atoms with Crippen molar-refractivity contribution in [3.63, 3.8) is 0 Å². The van der Waals surface area contributed by atoms with Gasteiger partial charge in [-0.25, -0.2) is 4.99 Å². The number of nitrogens with two attached hydrogens (primary N) is 1. The second-order valence-corrected chi connectivity index (χ2v) is 7.46. The SMILES string of the molecule is CC.CCC.CCCCN(C)CC1=C(C(N)=O)N=C(C2=CCC(C)CC2)C1. The van der Waals surface area contributed by atoms with Crippen molar-refractivity contribution < 1.29 is 4.79 Å². The highest BCUT2D eigenvalue weighted by atomic mass is 16.1. The second kappa shape index (κ2) is 14.6. The van der Waals surface area contributed by atoms with E-state index in [0.717, 1.165) is 49.6 Å². The van der Waals surface area contributed by atoms with Gasteiger partial charge in [0.25, 0.3) is 5.91 Å². The van der Waals surface area contributed by atoms with Crippen molar-refractivity contribution in [2.75, 3.05) is 20.1 Å². The number of hydrogen-bond acceptors (Lipinski definition) is 3. The molecular weight excluding hydrogens is 334 g/mol. The number of likely N-dealkylation sites (N-methyl/N-ethyl adjacent to an activating group) is 1. The lowest BCUT2D eigenvalue weighted by molar-refractivity contribution is -0.114. The smallest absolute Gasteiger partial charge is 0.267 e. The maximum Gasteiger partial charge on any atom is 0.267 e. The predicted molar refractivity (Wildman–Crippen MR) is 119 cm³/mol. The van der Waals surface area contributed by atoms with Crippen LogP contribution in [0, 0.1) is 5.92 Å². The Morgan fingerprint density at radius 2 is 1.93 bits per heavy atom. The quantitative estimate of drug-likeness (QED) is 0.637. The molecule has 0 saturated heterocycles. The molecule has 0 aromatic rings. The molecule has 0 aromatic carbocycles. The van der Waals surface area contributed by atoms with Crippen LogP contribution in [-0.4, -0.2) is 36.7 Å². The van der Waals surface area contributed by atoms with Gasteiger partial charge in [0, 0.05) is 18.7 Å². The monoisotopic (exact) mass is 377 g/mol. The topological polar surface area (TPSA) is 58.7 Å². The Kier molecular flexibility index (Phi) is 13.8. The standard InChI is InChI=1S/C18H29N3O.C3H8.C2H6/c1-4-5-10-21(3)12-15-11-16(20-17(15)18(19)22)14-8-6-13(2)7-9-14;1-3-2;1-2/h8,13H,4-7,9-12H2,1-3H3,(H2,19,22);3H2,1-2H3;1-2H3. The zero-order chi connectivity index (χ0) is 20.8. The van der Waals surface area contributed by atoms with Crippen LogP contribution in [0.5, 0.6) is 0 Å². The fourth-order valence-electron chi connectivity index (χ4n) is 3.15. The third-order valence-corrected chi connectivity index (χ3v) is 4.59. The summed E-state index contributed by atoms with van der Waals surface area (Å²) in [6.45, 7) is 14.6. The molecule has 1 amide bonds. The summed E-state index contributed by atoms with van der Waals surface area (Å²) in [5, 5.41) is 0. The molecule has 1 aliphatic carbocycles. The summed E-state index contributed by atoms with van der Waals surface area (Å²) in [6, 6.07) is 0. The van der Waals surface area contributed by atoms with E-state index in [1.807, 2.05) is 13.8 Å². The lowest BCUT2D eigenvalue weighted by Gasteiger charge is -2.19. The molecule has 1 aliphatic heterocycles. The maximum atomic E-state index is 11.7. The molecule has 1 atom stereocenters. The molecule has 0 spiro atoms. The van der Waals surface area contributed by atoms with Crippen LogP contribution in [0.3, 0.4) is 0 Å². The highest BCUT2D eigenvalue weighted by Gasteiger charge is 2.25. The van der Waals surface area contributed by atoms with E-state index < -0.39 is 5.91 Å². The average Bonchev–Trinajstić information content (AvgIpc) is 3.07. The van der Waals surface area contributed by atoms with Gasteiger partial charge in [0.05, 0.1) is 0 Å². The van der Waals surface area contributed by atoms with Gasteiger partial charge in [-0.1, -0.05) is 60.5 Å². The molecule has 0 aromatic heterocycles. The Bertz CT molecular complexity index is 532. The minimum absolute atomic E-state index is 0.390. The molecule has 0 bridgehead atoms. The number of primary amides is 1. The molecule has 0 fully saturated rings. The van der Waals surface area contributed by atoms with E-state index >= 15 is 0 Å². The van der Waals surface area contributed by atoms with Gasteiger partial charge in [0.15, 0.2) is 0 Å². The minimum Gasteiger partial charge on any atom is -0.364 e. The first-order valence-corrected chi connectivity index (χ1v) is 10.9. The van der Waals surface area contributed by atoms with Crippen molar-refractivity contribution in [3.05, 3.63) is 22.9 Å². The van der Waals surface area contributed by atoms with Crippen molar-refractivity contribution in [1.82, 2.24) is 4.90 Å². The predicted octanol–water partition coefficient (Wildman–Crippen LogP) is 5.49. The van der Waals surface area contributed by atoms with Crippen LogP contribution < -0.4 is 5.73 Å². The van der Waals surface area contributed by atoms with Gasteiger partial charge < -0.3 is 10.6 Å². The first-order chi connectivity index (χ1) is 12.9. The summed E-state index contributed by atoms with van der Waals surface area (Å²) in [4.78, 5) is 18.5. The van der Waals surface area contributed by atoms with E-state index in [-0.39, 0.29) is 0 Å².